The molecule has 0 heterocycles. The van der Waals surface area contributed by atoms with E-state index in [0.717, 1.165) is 5.56 Å². The molecule has 0 fully saturated rings. The van der Waals surface area contributed by atoms with Gasteiger partial charge in [-0.15, -0.1) is 0 Å². The molecule has 0 bridgehead atoms. The quantitative estimate of drug-likeness (QED) is 0.722. The lowest BCUT2D eigenvalue weighted by Gasteiger charge is -2.28. The van der Waals surface area contributed by atoms with Gasteiger partial charge in [0.1, 0.15) is 5.75 Å². The summed E-state index contributed by atoms with van der Waals surface area (Å²) >= 11 is 0. The molecule has 0 spiro atoms. The molecule has 1 N–H and O–H groups in total. The van der Waals surface area contributed by atoms with Crippen LogP contribution in [0.2, 0.25) is 0 Å². The normalized spacial score (nSPS) is 11.8. The third kappa shape index (κ3) is 6.09. The molecular weight excluding hydrogens is 354 g/mol. The number of amides is 2. The average Bonchev–Trinajstić information content (AvgIpc) is 2.72. The number of anilines is 1. The van der Waals surface area contributed by atoms with E-state index in [0.29, 0.717) is 18.0 Å². The Labute approximate surface area is 167 Å². The molecule has 6 heteroatoms. The predicted molar refractivity (Wildman–Crippen MR) is 111 cm³/mol. The van der Waals surface area contributed by atoms with Crippen molar-refractivity contribution in [1.82, 2.24) is 9.80 Å². The van der Waals surface area contributed by atoms with Gasteiger partial charge in [0.25, 0.3) is 0 Å². The minimum absolute atomic E-state index is 0.0209. The summed E-state index contributed by atoms with van der Waals surface area (Å²) in [5, 5.41) is 2.85. The van der Waals surface area contributed by atoms with E-state index < -0.39 is 0 Å². The molecule has 28 heavy (non-hydrogen) atoms. The van der Waals surface area contributed by atoms with Crippen molar-refractivity contribution >= 4 is 17.5 Å². The summed E-state index contributed by atoms with van der Waals surface area (Å²) in [5.74, 6) is 0.492. The number of hydrogen-bond donors (Lipinski definition) is 1. The van der Waals surface area contributed by atoms with Crippen molar-refractivity contribution in [3.63, 3.8) is 0 Å². The summed E-state index contributed by atoms with van der Waals surface area (Å²) in [6.45, 7) is 4.87. The molecule has 0 radical (unpaired) electrons. The predicted octanol–water partition coefficient (Wildman–Crippen LogP) is 3.18. The van der Waals surface area contributed by atoms with Gasteiger partial charge in [-0.05, 0) is 31.2 Å². The number of rotatable bonds is 9. The maximum absolute atomic E-state index is 12.7. The van der Waals surface area contributed by atoms with E-state index in [1.807, 2.05) is 61.2 Å². The minimum atomic E-state index is -0.165. The lowest BCUT2D eigenvalue weighted by atomic mass is 10.1. The van der Waals surface area contributed by atoms with Gasteiger partial charge in [0.15, 0.2) is 0 Å². The van der Waals surface area contributed by atoms with Crippen LogP contribution in [-0.4, -0.2) is 55.4 Å². The van der Waals surface area contributed by atoms with Crippen LogP contribution in [0.3, 0.4) is 0 Å². The smallest absolute Gasteiger partial charge is 0.238 e. The second-order valence-electron chi connectivity index (χ2n) is 6.67. The minimum Gasteiger partial charge on any atom is -0.497 e. The first kappa shape index (κ1) is 21.4. The van der Waals surface area contributed by atoms with Gasteiger partial charge in [-0.3, -0.25) is 14.5 Å². The molecule has 0 saturated heterocycles. The highest BCUT2D eigenvalue weighted by Crippen LogP contribution is 2.19. The van der Waals surface area contributed by atoms with E-state index >= 15 is 0 Å². The Morgan fingerprint density at radius 3 is 2.43 bits per heavy atom. The molecule has 6 nitrogen and oxygen atoms in total. The van der Waals surface area contributed by atoms with Crippen LogP contribution in [0.15, 0.2) is 54.6 Å². The lowest BCUT2D eigenvalue weighted by molar-refractivity contribution is -0.133. The van der Waals surface area contributed by atoms with Gasteiger partial charge in [-0.25, -0.2) is 0 Å². The number of nitrogens with one attached hydrogen (secondary N) is 1. The Hall–Kier alpha value is -2.86. The van der Waals surface area contributed by atoms with Gasteiger partial charge >= 0.3 is 0 Å². The van der Waals surface area contributed by atoms with E-state index in [4.69, 9.17) is 4.74 Å². The molecule has 150 valence electrons. The second kappa shape index (κ2) is 10.5. The zero-order valence-corrected chi connectivity index (χ0v) is 17.0. The second-order valence-corrected chi connectivity index (χ2v) is 6.67. The fourth-order valence-electron chi connectivity index (χ4n) is 2.86. The molecule has 2 rings (SSSR count). The van der Waals surface area contributed by atoms with E-state index in [9.17, 15) is 9.59 Å². The van der Waals surface area contributed by atoms with Crippen molar-refractivity contribution in [2.75, 3.05) is 39.1 Å². The Bertz CT molecular complexity index is 780. The van der Waals surface area contributed by atoms with Gasteiger partial charge in [0.2, 0.25) is 11.8 Å². The fraction of sp³-hybridized carbons (Fsp3) is 0.364. The lowest BCUT2D eigenvalue weighted by Crippen LogP contribution is -2.42. The number of ether oxygens (including phenoxy) is 1. The van der Waals surface area contributed by atoms with Crippen LogP contribution in [0, 0.1) is 0 Å². The van der Waals surface area contributed by atoms with Crippen molar-refractivity contribution in [3.8, 4) is 5.75 Å². The Balaban J connectivity index is 1.91. The highest BCUT2D eigenvalue weighted by Gasteiger charge is 2.20. The summed E-state index contributed by atoms with van der Waals surface area (Å²) in [6.07, 6.45) is 0. The van der Waals surface area contributed by atoms with Crippen molar-refractivity contribution in [2.24, 2.45) is 0 Å². The van der Waals surface area contributed by atoms with Crippen molar-refractivity contribution in [3.05, 3.63) is 60.2 Å². The molecule has 0 aliphatic carbocycles. The number of likely N-dealkylation sites (N-methyl/N-ethyl adjacent to an activating group) is 2. The van der Waals surface area contributed by atoms with Crippen LogP contribution in [0.25, 0.3) is 0 Å². The topological polar surface area (TPSA) is 61.9 Å². The number of methoxy groups -OCH3 is 1. The zero-order chi connectivity index (χ0) is 20.5. The Morgan fingerprint density at radius 1 is 1.07 bits per heavy atom. The van der Waals surface area contributed by atoms with Gasteiger partial charge < -0.3 is 15.0 Å². The Kier molecular flexibility index (Phi) is 8.02. The van der Waals surface area contributed by atoms with Gasteiger partial charge in [0, 0.05) is 18.8 Å². The molecule has 0 unspecified atom stereocenters. The third-order valence-electron chi connectivity index (χ3n) is 4.78. The van der Waals surface area contributed by atoms with Crippen LogP contribution in [-0.2, 0) is 9.59 Å². The molecule has 0 saturated carbocycles. The molecule has 0 aliphatic rings. The van der Waals surface area contributed by atoms with Crippen LogP contribution in [0.4, 0.5) is 5.69 Å². The standard InChI is InChI=1S/C22H29N3O3/c1-5-25(15-21(26)23-19-12-9-13-20(14-19)28-4)16-22(27)24(3)17(2)18-10-7-6-8-11-18/h6-14,17H,5,15-16H2,1-4H3,(H,23,26)/t17-/m0/s1. The Morgan fingerprint density at radius 2 is 1.79 bits per heavy atom. The van der Waals surface area contributed by atoms with E-state index in [1.165, 1.54) is 0 Å². The van der Waals surface area contributed by atoms with E-state index in [2.05, 4.69) is 5.32 Å². The monoisotopic (exact) mass is 383 g/mol. The van der Waals surface area contributed by atoms with E-state index in [-0.39, 0.29) is 30.9 Å². The van der Waals surface area contributed by atoms with Crippen LogP contribution < -0.4 is 10.1 Å². The number of carbonyl (C=O) groups is 2. The number of carbonyl (C=O) groups excluding carboxylic acids is 2. The maximum Gasteiger partial charge on any atom is 0.238 e. The van der Waals surface area contributed by atoms with Crippen LogP contribution in [0.5, 0.6) is 5.75 Å². The largest absolute Gasteiger partial charge is 0.497 e. The van der Waals surface area contributed by atoms with Crippen molar-refractivity contribution < 1.29 is 14.3 Å². The van der Waals surface area contributed by atoms with Gasteiger partial charge in [0.05, 0.1) is 26.2 Å². The first-order valence-electron chi connectivity index (χ1n) is 9.41. The SMILES string of the molecule is CCN(CC(=O)Nc1cccc(OC)c1)CC(=O)N(C)[C@@H](C)c1ccccc1. The molecule has 0 aliphatic heterocycles. The van der Waals surface area contributed by atoms with Crippen molar-refractivity contribution in [2.45, 2.75) is 19.9 Å². The van der Waals surface area contributed by atoms with Crippen molar-refractivity contribution in [1.29, 1.82) is 0 Å². The highest BCUT2D eigenvalue weighted by molar-refractivity contribution is 5.92. The molecule has 2 amide bonds. The average molecular weight is 383 g/mol. The first-order chi connectivity index (χ1) is 13.4. The molecule has 0 aromatic heterocycles. The summed E-state index contributed by atoms with van der Waals surface area (Å²) in [5.41, 5.74) is 1.75. The maximum atomic E-state index is 12.7. The molecular formula is C22H29N3O3. The van der Waals surface area contributed by atoms with Crippen LogP contribution in [0.1, 0.15) is 25.5 Å². The van der Waals surface area contributed by atoms with E-state index in [1.54, 1.807) is 31.2 Å². The molecule has 2 aromatic carbocycles. The summed E-state index contributed by atoms with van der Waals surface area (Å²) in [4.78, 5) is 28.6. The number of nitrogens with zero attached hydrogens (tertiary/aromatic N) is 2. The molecule has 2 aromatic rings. The summed E-state index contributed by atoms with van der Waals surface area (Å²) < 4.78 is 5.16. The van der Waals surface area contributed by atoms with Crippen LogP contribution >= 0.6 is 0 Å². The summed E-state index contributed by atoms with van der Waals surface area (Å²) in [6, 6.07) is 17.1. The third-order valence-corrected chi connectivity index (χ3v) is 4.78. The fourth-order valence-corrected chi connectivity index (χ4v) is 2.86. The summed E-state index contributed by atoms with van der Waals surface area (Å²) in [7, 11) is 3.38. The molecule has 1 atom stereocenters. The number of benzene rings is 2. The van der Waals surface area contributed by atoms with Gasteiger partial charge in [-0.2, -0.15) is 0 Å². The number of hydrogen-bond acceptors (Lipinski definition) is 4. The first-order valence-corrected chi connectivity index (χ1v) is 9.41. The zero-order valence-electron chi connectivity index (χ0n) is 17.0. The highest BCUT2D eigenvalue weighted by atomic mass is 16.5. The van der Waals surface area contributed by atoms with Gasteiger partial charge in [-0.1, -0.05) is 43.3 Å².